The van der Waals surface area contributed by atoms with E-state index in [1.807, 2.05) is 30.3 Å². The molecule has 0 unspecified atom stereocenters. The molecule has 0 amide bonds. The Hall–Kier alpha value is -2.31. The van der Waals surface area contributed by atoms with Crippen molar-refractivity contribution in [1.29, 1.82) is 0 Å². The van der Waals surface area contributed by atoms with Gasteiger partial charge in [-0.3, -0.25) is 0 Å². The van der Waals surface area contributed by atoms with Crippen LogP contribution >= 0.6 is 11.8 Å². The van der Waals surface area contributed by atoms with E-state index in [4.69, 9.17) is 14.1 Å². The fourth-order valence-electron chi connectivity index (χ4n) is 2.98. The minimum atomic E-state index is 0.677. The maximum absolute atomic E-state index is 5.79. The van der Waals surface area contributed by atoms with Crippen LogP contribution in [0.15, 0.2) is 58.1 Å². The Morgan fingerprint density at radius 2 is 1.85 bits per heavy atom. The van der Waals surface area contributed by atoms with Crippen molar-refractivity contribution in [3.05, 3.63) is 54.4 Å². The molecule has 6 heteroatoms. The number of aryl methyl sites for hydroxylation is 1. The molecule has 2 heterocycles. The third-order valence-corrected chi connectivity index (χ3v) is 5.31. The molecular weight excluding hydrogens is 346 g/mol. The molecule has 26 heavy (non-hydrogen) atoms. The number of methoxy groups -OCH3 is 1. The highest BCUT2D eigenvalue weighted by Gasteiger charge is 2.11. The molecule has 4 rings (SSSR count). The lowest BCUT2D eigenvalue weighted by Gasteiger charge is -2.07. The normalized spacial score (nSPS) is 11.6. The second-order valence-corrected chi connectivity index (χ2v) is 7.12. The SMILES string of the molecule is COCCn1c(SCCCc2nc3ccccc3o2)nc2ccccc21. The van der Waals surface area contributed by atoms with Crippen LogP contribution in [-0.2, 0) is 17.7 Å². The minimum Gasteiger partial charge on any atom is -0.441 e. The number of thioether (sulfide) groups is 1. The molecule has 0 atom stereocenters. The van der Waals surface area contributed by atoms with Gasteiger partial charge in [-0.2, -0.15) is 0 Å². The van der Waals surface area contributed by atoms with Gasteiger partial charge in [0.15, 0.2) is 16.6 Å². The van der Waals surface area contributed by atoms with Crippen molar-refractivity contribution in [2.24, 2.45) is 0 Å². The summed E-state index contributed by atoms with van der Waals surface area (Å²) in [6, 6.07) is 16.1. The summed E-state index contributed by atoms with van der Waals surface area (Å²) in [5.41, 5.74) is 3.98. The lowest BCUT2D eigenvalue weighted by Crippen LogP contribution is -2.05. The van der Waals surface area contributed by atoms with E-state index in [1.165, 1.54) is 0 Å². The molecule has 0 bridgehead atoms. The Kier molecular flexibility index (Phi) is 5.22. The van der Waals surface area contributed by atoms with E-state index in [9.17, 15) is 0 Å². The van der Waals surface area contributed by atoms with Crippen molar-refractivity contribution >= 4 is 33.9 Å². The molecule has 0 N–H and O–H groups in total. The van der Waals surface area contributed by atoms with Crippen molar-refractivity contribution in [1.82, 2.24) is 14.5 Å². The van der Waals surface area contributed by atoms with Gasteiger partial charge in [-0.25, -0.2) is 9.97 Å². The Labute approximate surface area is 156 Å². The van der Waals surface area contributed by atoms with E-state index in [-0.39, 0.29) is 0 Å². The van der Waals surface area contributed by atoms with E-state index in [0.29, 0.717) is 6.61 Å². The van der Waals surface area contributed by atoms with Gasteiger partial charge in [0.1, 0.15) is 5.52 Å². The lowest BCUT2D eigenvalue weighted by atomic mass is 10.3. The smallest absolute Gasteiger partial charge is 0.195 e. The summed E-state index contributed by atoms with van der Waals surface area (Å²) in [7, 11) is 1.73. The summed E-state index contributed by atoms with van der Waals surface area (Å²) in [4.78, 5) is 9.31. The molecule has 0 aliphatic rings. The number of fused-ring (bicyclic) bond motifs is 2. The molecule has 134 valence electrons. The number of oxazole rings is 1. The maximum atomic E-state index is 5.79. The summed E-state index contributed by atoms with van der Waals surface area (Å²) < 4.78 is 13.3. The van der Waals surface area contributed by atoms with Crippen molar-refractivity contribution in [3.63, 3.8) is 0 Å². The number of hydrogen-bond acceptors (Lipinski definition) is 5. The maximum Gasteiger partial charge on any atom is 0.195 e. The van der Waals surface area contributed by atoms with Crippen LogP contribution in [0.4, 0.5) is 0 Å². The highest BCUT2D eigenvalue weighted by molar-refractivity contribution is 7.99. The fraction of sp³-hybridized carbons (Fsp3) is 0.300. The van der Waals surface area contributed by atoms with Gasteiger partial charge in [0.05, 0.1) is 17.6 Å². The predicted octanol–water partition coefficient (Wildman–Crippen LogP) is 4.55. The van der Waals surface area contributed by atoms with Crippen LogP contribution in [0, 0.1) is 0 Å². The monoisotopic (exact) mass is 367 g/mol. The Bertz CT molecular complexity index is 976. The van der Waals surface area contributed by atoms with E-state index >= 15 is 0 Å². The third-order valence-electron chi connectivity index (χ3n) is 4.24. The number of imidazole rings is 1. The molecule has 5 nitrogen and oxygen atoms in total. The summed E-state index contributed by atoms with van der Waals surface area (Å²) in [6.45, 7) is 1.49. The molecule has 2 aromatic heterocycles. The molecular formula is C20H21N3O2S. The zero-order chi connectivity index (χ0) is 17.8. The number of rotatable bonds is 8. The number of para-hydroxylation sites is 4. The van der Waals surface area contributed by atoms with Gasteiger partial charge >= 0.3 is 0 Å². The number of nitrogens with zero attached hydrogens (tertiary/aromatic N) is 3. The van der Waals surface area contributed by atoms with Crippen LogP contribution in [0.3, 0.4) is 0 Å². The zero-order valence-electron chi connectivity index (χ0n) is 14.7. The van der Waals surface area contributed by atoms with Crippen LogP contribution in [-0.4, -0.2) is 34.0 Å². The highest BCUT2D eigenvalue weighted by atomic mass is 32.2. The van der Waals surface area contributed by atoms with Crippen molar-refractivity contribution in [2.45, 2.75) is 24.5 Å². The zero-order valence-corrected chi connectivity index (χ0v) is 15.5. The number of aromatic nitrogens is 3. The number of benzene rings is 2. The molecule has 0 radical (unpaired) electrons. The summed E-state index contributed by atoms with van der Waals surface area (Å²) in [6.07, 6.45) is 1.82. The predicted molar refractivity (Wildman–Crippen MR) is 105 cm³/mol. The first kappa shape index (κ1) is 17.1. The molecule has 0 aliphatic carbocycles. The summed E-state index contributed by atoms with van der Waals surface area (Å²) in [5, 5.41) is 1.04. The van der Waals surface area contributed by atoms with Crippen LogP contribution in [0.25, 0.3) is 22.1 Å². The second kappa shape index (κ2) is 7.93. The topological polar surface area (TPSA) is 53.1 Å². The largest absolute Gasteiger partial charge is 0.441 e. The first-order valence-electron chi connectivity index (χ1n) is 8.76. The van der Waals surface area contributed by atoms with Gasteiger partial charge in [0, 0.05) is 25.8 Å². The van der Waals surface area contributed by atoms with Crippen molar-refractivity contribution in [2.75, 3.05) is 19.5 Å². The standard InChI is InChI=1S/C20H21N3O2S/c1-24-13-12-23-17-9-4-2-7-15(17)22-20(23)26-14-6-11-19-21-16-8-3-5-10-18(16)25-19/h2-5,7-10H,6,11-14H2,1H3. The van der Waals surface area contributed by atoms with Crippen molar-refractivity contribution < 1.29 is 9.15 Å². The minimum absolute atomic E-state index is 0.677. The Morgan fingerprint density at radius 3 is 2.69 bits per heavy atom. The van der Waals surface area contributed by atoms with E-state index in [0.717, 1.165) is 58.3 Å². The third kappa shape index (κ3) is 3.61. The van der Waals surface area contributed by atoms with E-state index < -0.39 is 0 Å². The van der Waals surface area contributed by atoms with Crippen LogP contribution < -0.4 is 0 Å². The van der Waals surface area contributed by atoms with Gasteiger partial charge in [-0.05, 0) is 30.7 Å². The molecule has 0 aliphatic heterocycles. The average molecular weight is 367 g/mol. The molecule has 0 spiro atoms. The quantitative estimate of drug-likeness (QED) is 0.338. The van der Waals surface area contributed by atoms with Crippen molar-refractivity contribution in [3.8, 4) is 0 Å². The van der Waals surface area contributed by atoms with Crippen LogP contribution in [0.2, 0.25) is 0 Å². The molecule has 2 aromatic carbocycles. The highest BCUT2D eigenvalue weighted by Crippen LogP contribution is 2.25. The lowest BCUT2D eigenvalue weighted by molar-refractivity contribution is 0.186. The summed E-state index contributed by atoms with van der Waals surface area (Å²) >= 11 is 1.78. The van der Waals surface area contributed by atoms with Gasteiger partial charge in [-0.1, -0.05) is 36.0 Å². The average Bonchev–Trinajstić information content (AvgIpc) is 3.24. The number of ether oxygens (including phenoxy) is 1. The van der Waals surface area contributed by atoms with Gasteiger partial charge < -0.3 is 13.7 Å². The Morgan fingerprint density at radius 1 is 1.04 bits per heavy atom. The van der Waals surface area contributed by atoms with Gasteiger partial charge in [-0.15, -0.1) is 0 Å². The number of hydrogen-bond donors (Lipinski definition) is 0. The first-order chi connectivity index (χ1) is 12.8. The Balaban J connectivity index is 1.40. The van der Waals surface area contributed by atoms with Crippen LogP contribution in [0.1, 0.15) is 12.3 Å². The second-order valence-electron chi connectivity index (χ2n) is 6.05. The van der Waals surface area contributed by atoms with Gasteiger partial charge in [0.2, 0.25) is 0 Å². The molecule has 0 fully saturated rings. The molecule has 0 saturated heterocycles. The van der Waals surface area contributed by atoms with Crippen LogP contribution in [0.5, 0.6) is 0 Å². The first-order valence-corrected chi connectivity index (χ1v) is 9.75. The molecule has 4 aromatic rings. The van der Waals surface area contributed by atoms with E-state index in [1.54, 1.807) is 18.9 Å². The van der Waals surface area contributed by atoms with E-state index in [2.05, 4.69) is 27.8 Å². The summed E-state index contributed by atoms with van der Waals surface area (Å²) in [5.74, 6) is 1.77. The molecule has 0 saturated carbocycles. The fourth-order valence-corrected chi connectivity index (χ4v) is 3.96. The van der Waals surface area contributed by atoms with Gasteiger partial charge in [0.25, 0.3) is 0 Å².